The Morgan fingerprint density at radius 1 is 1.80 bits per heavy atom. The van der Waals surface area contributed by atoms with E-state index in [-0.39, 0.29) is 5.92 Å². The minimum atomic E-state index is -0.000602. The van der Waals surface area contributed by atoms with E-state index in [2.05, 4.69) is 6.58 Å². The van der Waals surface area contributed by atoms with Gasteiger partial charge >= 0.3 is 0 Å². The molecule has 2 nitrogen and oxygen atoms in total. The average Bonchev–Trinajstić information content (AvgIpc) is 1.87. The summed E-state index contributed by atoms with van der Waals surface area (Å²) in [5.41, 5.74) is 0.984. The second kappa shape index (κ2) is 5.18. The molecule has 0 bridgehead atoms. The molecular weight excluding hydrogens is 128 g/mol. The fourth-order valence-electron chi connectivity index (χ4n) is 0.458. The summed E-state index contributed by atoms with van der Waals surface area (Å²) in [6.07, 6.45) is 0.887. The zero-order chi connectivity index (χ0) is 7.98. The minimum absolute atomic E-state index is 0.000602. The van der Waals surface area contributed by atoms with Gasteiger partial charge in [-0.3, -0.25) is 0 Å². The first-order valence-electron chi connectivity index (χ1n) is 3.34. The van der Waals surface area contributed by atoms with Crippen molar-refractivity contribution in [2.75, 3.05) is 13.2 Å². The molecule has 0 aromatic heterocycles. The lowest BCUT2D eigenvalue weighted by molar-refractivity contribution is -0.112. The van der Waals surface area contributed by atoms with Crippen molar-refractivity contribution in [3.63, 3.8) is 0 Å². The number of rotatable bonds is 5. The molecular formula is C8H14O2. The predicted octanol–water partition coefficient (Wildman–Crippen LogP) is 1.41. The molecule has 0 heterocycles. The highest BCUT2D eigenvalue weighted by atomic mass is 16.5. The lowest BCUT2D eigenvalue weighted by Gasteiger charge is -2.04. The van der Waals surface area contributed by atoms with Crippen molar-refractivity contribution < 1.29 is 9.53 Å². The van der Waals surface area contributed by atoms with Gasteiger partial charge in [0.05, 0.1) is 13.2 Å². The molecule has 58 valence electrons. The lowest BCUT2D eigenvalue weighted by atomic mass is 10.2. The summed E-state index contributed by atoms with van der Waals surface area (Å²) in [6, 6.07) is 0. The number of hydrogen-bond donors (Lipinski definition) is 0. The van der Waals surface area contributed by atoms with Crippen LogP contribution in [-0.2, 0) is 9.53 Å². The molecule has 10 heavy (non-hydrogen) atoms. The smallest absolute Gasteiger partial charge is 0.125 e. The molecule has 0 aromatic carbocycles. The maximum absolute atomic E-state index is 10.1. The zero-order valence-corrected chi connectivity index (χ0v) is 6.59. The first-order valence-corrected chi connectivity index (χ1v) is 3.34. The maximum atomic E-state index is 10.1. The van der Waals surface area contributed by atoms with Gasteiger partial charge in [-0.05, 0) is 6.92 Å². The molecule has 0 spiro atoms. The van der Waals surface area contributed by atoms with E-state index in [1.807, 2.05) is 13.8 Å². The Balaban J connectivity index is 3.19. The van der Waals surface area contributed by atoms with Gasteiger partial charge in [-0.2, -0.15) is 0 Å². The van der Waals surface area contributed by atoms with E-state index in [4.69, 9.17) is 4.74 Å². The summed E-state index contributed by atoms with van der Waals surface area (Å²) >= 11 is 0. The Hall–Kier alpha value is -0.630. The molecule has 0 aliphatic carbocycles. The van der Waals surface area contributed by atoms with Crippen LogP contribution in [0.15, 0.2) is 12.2 Å². The molecule has 0 radical (unpaired) electrons. The monoisotopic (exact) mass is 142 g/mol. The summed E-state index contributed by atoms with van der Waals surface area (Å²) in [5.74, 6) is -0.000602. The highest BCUT2D eigenvalue weighted by Crippen LogP contribution is 1.93. The molecule has 0 saturated heterocycles. The normalized spacial score (nSPS) is 12.6. The van der Waals surface area contributed by atoms with Crippen molar-refractivity contribution in [1.82, 2.24) is 0 Å². The van der Waals surface area contributed by atoms with E-state index in [0.29, 0.717) is 13.2 Å². The summed E-state index contributed by atoms with van der Waals surface area (Å²) in [5, 5.41) is 0. The van der Waals surface area contributed by atoms with Gasteiger partial charge in [-0.25, -0.2) is 0 Å². The second-order valence-corrected chi connectivity index (χ2v) is 2.59. The molecule has 0 amide bonds. The van der Waals surface area contributed by atoms with Crippen molar-refractivity contribution in [3.8, 4) is 0 Å². The molecule has 0 unspecified atom stereocenters. The van der Waals surface area contributed by atoms with Gasteiger partial charge in [0.15, 0.2) is 0 Å². The van der Waals surface area contributed by atoms with Crippen molar-refractivity contribution >= 4 is 6.29 Å². The Bertz CT molecular complexity index is 118. The summed E-state index contributed by atoms with van der Waals surface area (Å²) in [7, 11) is 0. The van der Waals surface area contributed by atoms with Gasteiger partial charge in [0.1, 0.15) is 6.29 Å². The number of carbonyl (C=O) groups excluding carboxylic acids is 1. The zero-order valence-electron chi connectivity index (χ0n) is 6.59. The number of carbonyl (C=O) groups is 1. The molecule has 2 heteroatoms. The second-order valence-electron chi connectivity index (χ2n) is 2.59. The Morgan fingerprint density at radius 2 is 2.40 bits per heavy atom. The van der Waals surface area contributed by atoms with Gasteiger partial charge in [0.2, 0.25) is 0 Å². The first kappa shape index (κ1) is 9.37. The van der Waals surface area contributed by atoms with Gasteiger partial charge in [0, 0.05) is 5.92 Å². The molecule has 0 rings (SSSR count). The van der Waals surface area contributed by atoms with E-state index in [1.54, 1.807) is 0 Å². The molecule has 0 fully saturated rings. The Kier molecular flexibility index (Phi) is 4.85. The minimum Gasteiger partial charge on any atom is -0.376 e. The van der Waals surface area contributed by atoms with Crippen LogP contribution >= 0.6 is 0 Å². The van der Waals surface area contributed by atoms with Crippen LogP contribution in [0.3, 0.4) is 0 Å². The van der Waals surface area contributed by atoms with Crippen LogP contribution in [0.25, 0.3) is 0 Å². The molecule has 0 saturated carbocycles. The van der Waals surface area contributed by atoms with Gasteiger partial charge in [-0.1, -0.05) is 19.1 Å². The van der Waals surface area contributed by atoms with E-state index < -0.39 is 0 Å². The third kappa shape index (κ3) is 5.51. The van der Waals surface area contributed by atoms with Crippen molar-refractivity contribution in [2.45, 2.75) is 13.8 Å². The molecule has 0 N–H and O–H groups in total. The van der Waals surface area contributed by atoms with Crippen LogP contribution in [0.2, 0.25) is 0 Å². The fraction of sp³-hybridized carbons (Fsp3) is 0.625. The van der Waals surface area contributed by atoms with Gasteiger partial charge in [-0.15, -0.1) is 0 Å². The first-order chi connectivity index (χ1) is 4.66. The SMILES string of the molecule is C=C(C)COC[C@H](C)C=O. The topological polar surface area (TPSA) is 26.3 Å². The maximum Gasteiger partial charge on any atom is 0.125 e. The standard InChI is InChI=1S/C8H14O2/c1-7(2)5-10-6-8(3)4-9/h4,8H,1,5-6H2,2-3H3/t8-/m1/s1. The van der Waals surface area contributed by atoms with Crippen LogP contribution in [0, 0.1) is 5.92 Å². The van der Waals surface area contributed by atoms with Crippen LogP contribution in [0.5, 0.6) is 0 Å². The third-order valence-corrected chi connectivity index (χ3v) is 0.962. The fourth-order valence-corrected chi connectivity index (χ4v) is 0.458. The molecule has 0 aliphatic heterocycles. The average molecular weight is 142 g/mol. The van der Waals surface area contributed by atoms with Crippen molar-refractivity contribution in [2.24, 2.45) is 5.92 Å². The van der Waals surface area contributed by atoms with E-state index in [9.17, 15) is 4.79 Å². The van der Waals surface area contributed by atoms with E-state index >= 15 is 0 Å². The van der Waals surface area contributed by atoms with Crippen LogP contribution < -0.4 is 0 Å². The third-order valence-electron chi connectivity index (χ3n) is 0.962. The Morgan fingerprint density at radius 3 is 2.80 bits per heavy atom. The van der Waals surface area contributed by atoms with Crippen molar-refractivity contribution in [1.29, 1.82) is 0 Å². The van der Waals surface area contributed by atoms with E-state index in [0.717, 1.165) is 11.9 Å². The van der Waals surface area contributed by atoms with E-state index in [1.165, 1.54) is 0 Å². The van der Waals surface area contributed by atoms with Crippen LogP contribution in [0.1, 0.15) is 13.8 Å². The lowest BCUT2D eigenvalue weighted by Crippen LogP contribution is -2.07. The summed E-state index contributed by atoms with van der Waals surface area (Å²) < 4.78 is 5.12. The van der Waals surface area contributed by atoms with Crippen LogP contribution in [0.4, 0.5) is 0 Å². The highest BCUT2D eigenvalue weighted by Gasteiger charge is 1.97. The highest BCUT2D eigenvalue weighted by molar-refractivity contribution is 5.52. The molecule has 0 aromatic rings. The van der Waals surface area contributed by atoms with Gasteiger partial charge in [0.25, 0.3) is 0 Å². The largest absolute Gasteiger partial charge is 0.376 e. The Labute approximate surface area is 61.9 Å². The van der Waals surface area contributed by atoms with Crippen LogP contribution in [-0.4, -0.2) is 19.5 Å². The molecule has 1 atom stereocenters. The van der Waals surface area contributed by atoms with Gasteiger partial charge < -0.3 is 9.53 Å². The molecule has 0 aliphatic rings. The summed E-state index contributed by atoms with van der Waals surface area (Å²) in [6.45, 7) is 8.43. The predicted molar refractivity (Wildman–Crippen MR) is 40.9 cm³/mol. The number of aldehydes is 1. The number of ether oxygens (including phenoxy) is 1. The number of hydrogen-bond acceptors (Lipinski definition) is 2. The van der Waals surface area contributed by atoms with Crippen molar-refractivity contribution in [3.05, 3.63) is 12.2 Å². The quantitative estimate of drug-likeness (QED) is 0.428. The summed E-state index contributed by atoms with van der Waals surface area (Å²) in [4.78, 5) is 10.1.